The van der Waals surface area contributed by atoms with Crippen molar-refractivity contribution in [3.63, 3.8) is 0 Å². The third kappa shape index (κ3) is 6.87. The third-order valence-electron chi connectivity index (χ3n) is 2.88. The molecule has 18 heavy (non-hydrogen) atoms. The Morgan fingerprint density at radius 1 is 1.22 bits per heavy atom. The van der Waals surface area contributed by atoms with Crippen LogP contribution >= 0.6 is 11.6 Å². The van der Waals surface area contributed by atoms with Gasteiger partial charge in [0.1, 0.15) is 5.75 Å². The highest BCUT2D eigenvalue weighted by molar-refractivity contribution is 6.17. The molecule has 1 rings (SSSR count). The van der Waals surface area contributed by atoms with E-state index in [9.17, 15) is 0 Å². The number of ether oxygens (including phenoxy) is 1. The smallest absolute Gasteiger partial charge is 0.119 e. The third-order valence-corrected chi connectivity index (χ3v) is 3.07. The highest BCUT2D eigenvalue weighted by Crippen LogP contribution is 2.19. The van der Waals surface area contributed by atoms with Gasteiger partial charge in [-0.05, 0) is 36.9 Å². The Morgan fingerprint density at radius 3 is 2.61 bits per heavy atom. The lowest BCUT2D eigenvalue weighted by Gasteiger charge is -2.23. The molecule has 2 nitrogen and oxygen atoms in total. The fourth-order valence-electron chi connectivity index (χ4n) is 1.67. The summed E-state index contributed by atoms with van der Waals surface area (Å²) in [5.74, 6) is 1.67. The van der Waals surface area contributed by atoms with E-state index in [0.717, 1.165) is 44.2 Å². The number of alkyl halides is 1. The van der Waals surface area contributed by atoms with Gasteiger partial charge in [0.05, 0.1) is 6.61 Å². The summed E-state index contributed by atoms with van der Waals surface area (Å²) in [5.41, 5.74) is 0.280. The maximum absolute atomic E-state index is 5.77. The van der Waals surface area contributed by atoms with Crippen LogP contribution in [-0.4, -0.2) is 25.6 Å². The number of hydrogen-bond donors (Lipinski definition) is 1. The van der Waals surface area contributed by atoms with Crippen LogP contribution in [0.25, 0.3) is 0 Å². The lowest BCUT2D eigenvalue weighted by Crippen LogP contribution is -2.31. The Balaban J connectivity index is 2.02. The average molecular weight is 270 g/mol. The van der Waals surface area contributed by atoms with Gasteiger partial charge in [-0.25, -0.2) is 0 Å². The highest BCUT2D eigenvalue weighted by atomic mass is 35.5. The number of benzene rings is 1. The molecule has 1 aromatic rings. The standard InChI is InChI=1S/C15H24ClNO/c1-15(2,9-10-16)13-17-11-6-12-18-14-7-4-3-5-8-14/h3-5,7-8,17H,6,9-13H2,1-2H3. The van der Waals surface area contributed by atoms with Gasteiger partial charge >= 0.3 is 0 Å². The molecule has 0 saturated heterocycles. The first-order valence-electron chi connectivity index (χ1n) is 6.58. The molecule has 0 saturated carbocycles. The topological polar surface area (TPSA) is 21.3 Å². The summed E-state index contributed by atoms with van der Waals surface area (Å²) in [5, 5.41) is 3.46. The predicted molar refractivity (Wildman–Crippen MR) is 78.5 cm³/mol. The van der Waals surface area contributed by atoms with Crippen molar-refractivity contribution in [2.24, 2.45) is 5.41 Å². The van der Waals surface area contributed by atoms with Crippen molar-refractivity contribution in [1.29, 1.82) is 0 Å². The van der Waals surface area contributed by atoms with Crippen molar-refractivity contribution in [2.75, 3.05) is 25.6 Å². The molecular formula is C15H24ClNO. The summed E-state index contributed by atoms with van der Waals surface area (Å²) in [6.45, 7) is 7.22. The van der Waals surface area contributed by atoms with Gasteiger partial charge in [0.2, 0.25) is 0 Å². The van der Waals surface area contributed by atoms with Crippen molar-refractivity contribution < 1.29 is 4.74 Å². The molecule has 0 fully saturated rings. The summed E-state index contributed by atoms with van der Waals surface area (Å²) in [7, 11) is 0. The first-order valence-corrected chi connectivity index (χ1v) is 7.12. The molecule has 0 heterocycles. The molecule has 0 bridgehead atoms. The molecular weight excluding hydrogens is 246 g/mol. The Hall–Kier alpha value is -0.730. The summed E-state index contributed by atoms with van der Waals surface area (Å²) in [6.07, 6.45) is 2.06. The van der Waals surface area contributed by atoms with Crippen LogP contribution in [0.4, 0.5) is 0 Å². The monoisotopic (exact) mass is 269 g/mol. The van der Waals surface area contributed by atoms with Crippen LogP contribution < -0.4 is 10.1 Å². The van der Waals surface area contributed by atoms with Crippen LogP contribution in [0.15, 0.2) is 30.3 Å². The van der Waals surface area contributed by atoms with Crippen LogP contribution in [0, 0.1) is 5.41 Å². The van der Waals surface area contributed by atoms with Crippen LogP contribution in [0.3, 0.4) is 0 Å². The molecule has 3 heteroatoms. The molecule has 0 aliphatic rings. The molecule has 0 radical (unpaired) electrons. The van der Waals surface area contributed by atoms with E-state index in [0.29, 0.717) is 0 Å². The molecule has 0 aliphatic heterocycles. The number of halogens is 1. The van der Waals surface area contributed by atoms with Crippen molar-refractivity contribution in [1.82, 2.24) is 5.32 Å². The Bertz CT molecular complexity index is 314. The lowest BCUT2D eigenvalue weighted by atomic mass is 9.90. The minimum Gasteiger partial charge on any atom is -0.494 e. The Morgan fingerprint density at radius 2 is 1.94 bits per heavy atom. The van der Waals surface area contributed by atoms with Gasteiger partial charge in [-0.2, -0.15) is 0 Å². The van der Waals surface area contributed by atoms with E-state index in [4.69, 9.17) is 16.3 Å². The number of hydrogen-bond acceptors (Lipinski definition) is 2. The van der Waals surface area contributed by atoms with Crippen molar-refractivity contribution in [2.45, 2.75) is 26.7 Å². The van der Waals surface area contributed by atoms with Crippen LogP contribution in [0.2, 0.25) is 0 Å². The van der Waals surface area contributed by atoms with Gasteiger partial charge in [-0.15, -0.1) is 11.6 Å². The molecule has 0 amide bonds. The van der Waals surface area contributed by atoms with Crippen LogP contribution in [-0.2, 0) is 0 Å². The van der Waals surface area contributed by atoms with Crippen molar-refractivity contribution in [3.8, 4) is 5.75 Å². The van der Waals surface area contributed by atoms with Gasteiger partial charge in [-0.1, -0.05) is 32.0 Å². The molecule has 0 aliphatic carbocycles. The maximum atomic E-state index is 5.77. The van der Waals surface area contributed by atoms with Crippen molar-refractivity contribution in [3.05, 3.63) is 30.3 Å². The quantitative estimate of drug-likeness (QED) is 0.545. The maximum Gasteiger partial charge on any atom is 0.119 e. The van der Waals surface area contributed by atoms with Gasteiger partial charge in [0.15, 0.2) is 0 Å². The second kappa shape index (κ2) is 8.39. The Kier molecular flexibility index (Phi) is 7.14. The van der Waals surface area contributed by atoms with Gasteiger partial charge in [0, 0.05) is 12.4 Å². The van der Waals surface area contributed by atoms with E-state index < -0.39 is 0 Å². The van der Waals surface area contributed by atoms with Crippen LogP contribution in [0.5, 0.6) is 5.75 Å². The molecule has 1 N–H and O–H groups in total. The lowest BCUT2D eigenvalue weighted by molar-refractivity contribution is 0.292. The van der Waals surface area contributed by atoms with Gasteiger partial charge in [-0.3, -0.25) is 0 Å². The second-order valence-electron chi connectivity index (χ2n) is 5.30. The van der Waals surface area contributed by atoms with Crippen LogP contribution in [0.1, 0.15) is 26.7 Å². The predicted octanol–water partition coefficient (Wildman–Crippen LogP) is 3.70. The first kappa shape index (κ1) is 15.3. The second-order valence-corrected chi connectivity index (χ2v) is 5.67. The normalized spacial score (nSPS) is 11.5. The summed E-state index contributed by atoms with van der Waals surface area (Å²) in [6, 6.07) is 9.94. The molecule has 102 valence electrons. The van der Waals surface area contributed by atoms with E-state index in [1.54, 1.807) is 0 Å². The minimum absolute atomic E-state index is 0.280. The van der Waals surface area contributed by atoms with E-state index in [-0.39, 0.29) is 5.41 Å². The Labute approximate surface area is 116 Å². The molecule has 0 spiro atoms. The van der Waals surface area contributed by atoms with Gasteiger partial charge < -0.3 is 10.1 Å². The molecule has 1 aromatic carbocycles. The fraction of sp³-hybridized carbons (Fsp3) is 0.600. The zero-order valence-corrected chi connectivity index (χ0v) is 12.2. The van der Waals surface area contributed by atoms with E-state index in [1.807, 2.05) is 30.3 Å². The van der Waals surface area contributed by atoms with Crippen molar-refractivity contribution >= 4 is 11.6 Å². The van der Waals surface area contributed by atoms with Gasteiger partial charge in [0.25, 0.3) is 0 Å². The molecule has 0 unspecified atom stereocenters. The largest absolute Gasteiger partial charge is 0.494 e. The fourth-order valence-corrected chi connectivity index (χ4v) is 2.19. The highest BCUT2D eigenvalue weighted by Gasteiger charge is 2.15. The summed E-state index contributed by atoms with van der Waals surface area (Å²) in [4.78, 5) is 0. The van der Waals surface area contributed by atoms with E-state index in [2.05, 4.69) is 19.2 Å². The first-order chi connectivity index (χ1) is 8.64. The summed E-state index contributed by atoms with van der Waals surface area (Å²) < 4.78 is 5.62. The zero-order chi connectivity index (χ0) is 13.3. The number of para-hydroxylation sites is 1. The minimum atomic E-state index is 0.280. The number of nitrogens with one attached hydrogen (secondary N) is 1. The molecule has 0 atom stereocenters. The number of rotatable bonds is 9. The molecule has 0 aromatic heterocycles. The average Bonchev–Trinajstić information content (AvgIpc) is 2.35. The summed E-state index contributed by atoms with van der Waals surface area (Å²) >= 11 is 5.77. The van der Waals surface area contributed by atoms with E-state index >= 15 is 0 Å². The SMILES string of the molecule is CC(C)(CCCl)CNCCCOc1ccccc1. The van der Waals surface area contributed by atoms with E-state index in [1.165, 1.54) is 0 Å². The zero-order valence-electron chi connectivity index (χ0n) is 11.4.